The summed E-state index contributed by atoms with van der Waals surface area (Å²) in [7, 11) is 0. The van der Waals surface area contributed by atoms with Gasteiger partial charge in [0.05, 0.1) is 6.10 Å². The number of ether oxygens (including phenoxy) is 1. The van der Waals surface area contributed by atoms with E-state index in [2.05, 4.69) is 42.2 Å². The van der Waals surface area contributed by atoms with Crippen LogP contribution in [0.1, 0.15) is 44.2 Å². The average molecular weight is 276 g/mol. The number of nitrogens with zero attached hydrogens (tertiary/aromatic N) is 1. The van der Waals surface area contributed by atoms with Gasteiger partial charge in [0.25, 0.3) is 0 Å². The third-order valence-corrected chi connectivity index (χ3v) is 4.03. The molecule has 2 atom stereocenters. The molecule has 0 spiro atoms. The third-order valence-electron chi connectivity index (χ3n) is 4.03. The van der Waals surface area contributed by atoms with Crippen LogP contribution in [0.4, 0.5) is 0 Å². The zero-order chi connectivity index (χ0) is 14.2. The van der Waals surface area contributed by atoms with Crippen molar-refractivity contribution in [2.24, 2.45) is 5.73 Å². The topological polar surface area (TPSA) is 38.5 Å². The second-order valence-electron chi connectivity index (χ2n) is 5.63. The standard InChI is InChI=1S/C17H28N2O/c1-2-13-20-16-9-6-12-19(14-16)17(10-11-18)15-7-4-3-5-8-15/h3-5,7-8,16-17H,2,6,9-14,18H2,1H3. The van der Waals surface area contributed by atoms with Crippen molar-refractivity contribution in [1.82, 2.24) is 4.90 Å². The highest BCUT2D eigenvalue weighted by atomic mass is 16.5. The smallest absolute Gasteiger partial charge is 0.0702 e. The van der Waals surface area contributed by atoms with Crippen molar-refractivity contribution in [3.63, 3.8) is 0 Å². The van der Waals surface area contributed by atoms with Crippen molar-refractivity contribution in [1.29, 1.82) is 0 Å². The minimum atomic E-state index is 0.396. The molecule has 0 radical (unpaired) electrons. The minimum Gasteiger partial charge on any atom is -0.377 e. The molecule has 1 fully saturated rings. The second-order valence-corrected chi connectivity index (χ2v) is 5.63. The van der Waals surface area contributed by atoms with E-state index < -0.39 is 0 Å². The van der Waals surface area contributed by atoms with Crippen LogP contribution in [-0.2, 0) is 4.74 Å². The van der Waals surface area contributed by atoms with Gasteiger partial charge in [-0.05, 0) is 44.3 Å². The lowest BCUT2D eigenvalue weighted by Crippen LogP contribution is -2.42. The molecule has 0 aliphatic carbocycles. The molecule has 3 nitrogen and oxygen atoms in total. The van der Waals surface area contributed by atoms with Gasteiger partial charge in [0.15, 0.2) is 0 Å². The number of hydrogen-bond acceptors (Lipinski definition) is 3. The van der Waals surface area contributed by atoms with Gasteiger partial charge in [-0.25, -0.2) is 0 Å². The molecular weight excluding hydrogens is 248 g/mol. The fourth-order valence-electron chi connectivity index (χ4n) is 3.06. The van der Waals surface area contributed by atoms with Gasteiger partial charge in [-0.15, -0.1) is 0 Å². The highest BCUT2D eigenvalue weighted by Crippen LogP contribution is 2.27. The summed E-state index contributed by atoms with van der Waals surface area (Å²) < 4.78 is 5.95. The number of piperidine rings is 1. The Morgan fingerprint density at radius 2 is 2.15 bits per heavy atom. The predicted octanol–water partition coefficient (Wildman–Crippen LogP) is 2.97. The van der Waals surface area contributed by atoms with Crippen LogP contribution in [0, 0.1) is 0 Å². The average Bonchev–Trinajstić information content (AvgIpc) is 2.52. The van der Waals surface area contributed by atoms with Crippen molar-refractivity contribution in [2.75, 3.05) is 26.2 Å². The Hall–Kier alpha value is -0.900. The zero-order valence-electron chi connectivity index (χ0n) is 12.6. The SMILES string of the molecule is CCCOC1CCCN(C(CCN)c2ccccc2)C1. The van der Waals surface area contributed by atoms with Gasteiger partial charge in [-0.1, -0.05) is 37.3 Å². The van der Waals surface area contributed by atoms with Gasteiger partial charge in [-0.3, -0.25) is 4.90 Å². The Kier molecular flexibility index (Phi) is 6.51. The van der Waals surface area contributed by atoms with Gasteiger partial charge < -0.3 is 10.5 Å². The molecule has 0 bridgehead atoms. The molecule has 112 valence electrons. The Bertz CT molecular complexity index is 369. The van der Waals surface area contributed by atoms with Crippen LogP contribution in [0.25, 0.3) is 0 Å². The van der Waals surface area contributed by atoms with Crippen LogP contribution in [-0.4, -0.2) is 37.2 Å². The Morgan fingerprint density at radius 1 is 1.35 bits per heavy atom. The molecule has 0 aromatic heterocycles. The van der Waals surface area contributed by atoms with Crippen molar-refractivity contribution in [2.45, 2.75) is 44.8 Å². The van der Waals surface area contributed by atoms with Crippen molar-refractivity contribution in [3.8, 4) is 0 Å². The first-order valence-corrected chi connectivity index (χ1v) is 7.95. The van der Waals surface area contributed by atoms with E-state index in [9.17, 15) is 0 Å². The minimum absolute atomic E-state index is 0.396. The molecule has 1 aliphatic heterocycles. The van der Waals surface area contributed by atoms with Gasteiger partial charge in [-0.2, -0.15) is 0 Å². The summed E-state index contributed by atoms with van der Waals surface area (Å²) in [6.45, 7) is 5.98. The lowest BCUT2D eigenvalue weighted by molar-refractivity contribution is -0.0137. The first kappa shape index (κ1) is 15.5. The summed E-state index contributed by atoms with van der Waals surface area (Å²) in [4.78, 5) is 2.56. The van der Waals surface area contributed by atoms with E-state index in [1.54, 1.807) is 0 Å². The van der Waals surface area contributed by atoms with Crippen LogP contribution in [0.5, 0.6) is 0 Å². The predicted molar refractivity (Wildman–Crippen MR) is 83.7 cm³/mol. The lowest BCUT2D eigenvalue weighted by atomic mass is 9.98. The van der Waals surface area contributed by atoms with Crippen LogP contribution in [0.3, 0.4) is 0 Å². The van der Waals surface area contributed by atoms with Crippen LogP contribution in [0.2, 0.25) is 0 Å². The monoisotopic (exact) mass is 276 g/mol. The number of rotatable bonds is 7. The molecule has 1 heterocycles. The highest BCUT2D eigenvalue weighted by molar-refractivity contribution is 5.19. The van der Waals surface area contributed by atoms with Crippen molar-refractivity contribution in [3.05, 3.63) is 35.9 Å². The molecule has 0 saturated carbocycles. The number of benzene rings is 1. The first-order valence-electron chi connectivity index (χ1n) is 7.95. The Balaban J connectivity index is 2.01. The largest absolute Gasteiger partial charge is 0.377 e. The molecule has 2 rings (SSSR count). The second kappa shape index (κ2) is 8.40. The zero-order valence-corrected chi connectivity index (χ0v) is 12.6. The van der Waals surface area contributed by atoms with Gasteiger partial charge in [0.2, 0.25) is 0 Å². The van der Waals surface area contributed by atoms with Gasteiger partial charge in [0, 0.05) is 19.2 Å². The number of nitrogens with two attached hydrogens (primary N) is 1. The Labute approximate surface area is 123 Å². The maximum atomic E-state index is 5.95. The van der Waals surface area contributed by atoms with Gasteiger partial charge in [0.1, 0.15) is 0 Å². The molecule has 1 saturated heterocycles. The Morgan fingerprint density at radius 3 is 2.85 bits per heavy atom. The summed E-state index contributed by atoms with van der Waals surface area (Å²) >= 11 is 0. The van der Waals surface area contributed by atoms with Crippen molar-refractivity contribution >= 4 is 0 Å². The summed E-state index contributed by atoms with van der Waals surface area (Å²) in [5.41, 5.74) is 7.21. The molecule has 1 aromatic carbocycles. The van der Waals surface area contributed by atoms with Gasteiger partial charge >= 0.3 is 0 Å². The first-order chi connectivity index (χ1) is 9.85. The van der Waals surface area contributed by atoms with E-state index in [0.29, 0.717) is 12.1 Å². The molecular formula is C17H28N2O. The summed E-state index contributed by atoms with van der Waals surface area (Å²) in [5, 5.41) is 0. The summed E-state index contributed by atoms with van der Waals surface area (Å²) in [6.07, 6.45) is 4.93. The number of hydrogen-bond donors (Lipinski definition) is 1. The number of likely N-dealkylation sites (tertiary alicyclic amines) is 1. The van der Waals surface area contributed by atoms with Crippen molar-refractivity contribution < 1.29 is 4.74 Å². The highest BCUT2D eigenvalue weighted by Gasteiger charge is 2.26. The summed E-state index contributed by atoms with van der Waals surface area (Å²) in [5.74, 6) is 0. The molecule has 20 heavy (non-hydrogen) atoms. The molecule has 0 amide bonds. The van der Waals surface area contributed by atoms with Crippen LogP contribution >= 0.6 is 0 Å². The molecule has 3 heteroatoms. The summed E-state index contributed by atoms with van der Waals surface area (Å²) in [6, 6.07) is 11.2. The fraction of sp³-hybridized carbons (Fsp3) is 0.647. The van der Waals surface area contributed by atoms with Crippen LogP contribution in [0.15, 0.2) is 30.3 Å². The molecule has 1 aliphatic rings. The quantitative estimate of drug-likeness (QED) is 0.832. The van der Waals surface area contributed by atoms with E-state index in [-0.39, 0.29) is 0 Å². The molecule has 2 N–H and O–H groups in total. The molecule has 2 unspecified atom stereocenters. The normalized spacial score (nSPS) is 21.8. The van der Waals surface area contributed by atoms with E-state index in [0.717, 1.165) is 39.1 Å². The fourth-order valence-corrected chi connectivity index (χ4v) is 3.06. The maximum Gasteiger partial charge on any atom is 0.0702 e. The third kappa shape index (κ3) is 4.30. The lowest BCUT2D eigenvalue weighted by Gasteiger charge is -2.38. The maximum absolute atomic E-state index is 5.95. The van der Waals surface area contributed by atoms with E-state index in [1.807, 2.05) is 0 Å². The van der Waals surface area contributed by atoms with E-state index in [1.165, 1.54) is 18.4 Å². The van der Waals surface area contributed by atoms with E-state index in [4.69, 9.17) is 10.5 Å². The van der Waals surface area contributed by atoms with Crippen LogP contribution < -0.4 is 5.73 Å². The van der Waals surface area contributed by atoms with E-state index >= 15 is 0 Å². The molecule has 1 aromatic rings.